The molecule has 10 atom stereocenters. The first kappa shape index (κ1) is 18.9. The molecule has 2 rings (SSSR count). The molecule has 8 N–H and O–H groups in total. The number of ether oxygens (including phenoxy) is 3. The van der Waals surface area contributed by atoms with Crippen molar-refractivity contribution in [3.8, 4) is 0 Å². The third-order valence-corrected chi connectivity index (χ3v) is 3.97. The Bertz CT molecular complexity index is 344. The molecule has 0 aromatic carbocycles. The van der Waals surface area contributed by atoms with E-state index in [4.69, 9.17) is 24.4 Å². The molecule has 0 aliphatic carbocycles. The summed E-state index contributed by atoms with van der Waals surface area (Å²) in [5.41, 5.74) is 0. The lowest BCUT2D eigenvalue weighted by Crippen LogP contribution is -2.63. The van der Waals surface area contributed by atoms with Gasteiger partial charge in [-0.1, -0.05) is 0 Å². The second kappa shape index (κ2) is 7.63. The van der Waals surface area contributed by atoms with Crippen LogP contribution in [0.3, 0.4) is 0 Å². The summed E-state index contributed by atoms with van der Waals surface area (Å²) in [6, 6.07) is 0. The molecule has 23 heavy (non-hydrogen) atoms. The van der Waals surface area contributed by atoms with Crippen LogP contribution in [0.5, 0.6) is 0 Å². The Balaban J connectivity index is 2.07. The third kappa shape index (κ3) is 3.65. The molecular weight excluding hydrogens is 320 g/mol. The van der Waals surface area contributed by atoms with E-state index in [-0.39, 0.29) is 0 Å². The van der Waals surface area contributed by atoms with Crippen LogP contribution in [0.25, 0.3) is 0 Å². The Kier molecular flexibility index (Phi) is 6.27. The van der Waals surface area contributed by atoms with Crippen LogP contribution in [-0.4, -0.2) is 115 Å². The first-order valence-corrected chi connectivity index (χ1v) is 7.08. The van der Waals surface area contributed by atoms with E-state index in [0.29, 0.717) is 0 Å². The molecule has 2 aliphatic rings. The summed E-state index contributed by atoms with van der Waals surface area (Å²) in [6.45, 7) is -1.33. The van der Waals surface area contributed by atoms with Crippen LogP contribution in [0.15, 0.2) is 0 Å². The minimum absolute atomic E-state index is 0.667. The van der Waals surface area contributed by atoms with Crippen molar-refractivity contribution in [3.05, 3.63) is 0 Å². The lowest BCUT2D eigenvalue weighted by atomic mass is 9.98. The third-order valence-electron chi connectivity index (χ3n) is 3.97. The minimum atomic E-state index is -1.72. The van der Waals surface area contributed by atoms with Crippen LogP contribution in [-0.2, 0) is 14.2 Å². The van der Waals surface area contributed by atoms with Gasteiger partial charge in [-0.15, -0.1) is 0 Å². The van der Waals surface area contributed by atoms with Crippen LogP contribution in [0.2, 0.25) is 0 Å². The fourth-order valence-electron chi connectivity index (χ4n) is 2.49. The molecule has 0 aromatic rings. The van der Waals surface area contributed by atoms with Crippen LogP contribution < -0.4 is 0 Å². The van der Waals surface area contributed by atoms with Gasteiger partial charge in [0.2, 0.25) is 0 Å². The molecule has 2 saturated heterocycles. The van der Waals surface area contributed by atoms with Gasteiger partial charge >= 0.3 is 0 Å². The zero-order chi connectivity index (χ0) is 17.3. The summed E-state index contributed by atoms with van der Waals surface area (Å²) in [5.74, 6) is 0. The van der Waals surface area contributed by atoms with Crippen molar-refractivity contribution in [1.29, 1.82) is 0 Å². The van der Waals surface area contributed by atoms with Gasteiger partial charge in [-0.25, -0.2) is 0 Å². The number of aliphatic hydroxyl groups excluding tert-OH is 8. The average molecular weight is 342 g/mol. The van der Waals surface area contributed by atoms with E-state index in [1.54, 1.807) is 0 Å². The first-order chi connectivity index (χ1) is 10.8. The van der Waals surface area contributed by atoms with Gasteiger partial charge in [-0.2, -0.15) is 0 Å². The first-order valence-electron chi connectivity index (χ1n) is 7.08. The fraction of sp³-hybridized carbons (Fsp3) is 1.00. The van der Waals surface area contributed by atoms with E-state index < -0.39 is 74.6 Å². The monoisotopic (exact) mass is 342 g/mol. The van der Waals surface area contributed by atoms with Crippen molar-refractivity contribution >= 4 is 0 Å². The topological polar surface area (TPSA) is 190 Å². The molecule has 0 radical (unpaired) electrons. The lowest BCUT2D eigenvalue weighted by Gasteiger charge is -2.44. The van der Waals surface area contributed by atoms with Crippen LogP contribution in [0, 0.1) is 0 Å². The Morgan fingerprint density at radius 2 is 0.913 bits per heavy atom. The second-order valence-electron chi connectivity index (χ2n) is 5.53. The van der Waals surface area contributed by atoms with Gasteiger partial charge in [0.1, 0.15) is 48.8 Å². The van der Waals surface area contributed by atoms with Crippen molar-refractivity contribution in [2.24, 2.45) is 0 Å². The maximum atomic E-state index is 9.84. The Morgan fingerprint density at radius 1 is 0.565 bits per heavy atom. The fourth-order valence-corrected chi connectivity index (χ4v) is 2.49. The highest BCUT2D eigenvalue weighted by Gasteiger charge is 2.49. The number of aliphatic hydroxyl groups is 8. The zero-order valence-electron chi connectivity index (χ0n) is 12.0. The maximum Gasteiger partial charge on any atom is 0.189 e. The Hall–Kier alpha value is -0.440. The largest absolute Gasteiger partial charge is 0.394 e. The summed E-state index contributed by atoms with van der Waals surface area (Å²) in [7, 11) is 0. The molecule has 0 spiro atoms. The van der Waals surface area contributed by atoms with Crippen LogP contribution in [0.4, 0.5) is 0 Å². The molecule has 136 valence electrons. The number of hydrogen-bond acceptors (Lipinski definition) is 11. The van der Waals surface area contributed by atoms with E-state index in [2.05, 4.69) is 0 Å². The molecule has 0 aromatic heterocycles. The van der Waals surface area contributed by atoms with Crippen molar-refractivity contribution in [3.63, 3.8) is 0 Å². The number of hydrogen-bond donors (Lipinski definition) is 8. The summed E-state index contributed by atoms with van der Waals surface area (Å²) in [6.07, 6.45) is -15.6. The summed E-state index contributed by atoms with van der Waals surface area (Å²) < 4.78 is 15.3. The highest BCUT2D eigenvalue weighted by molar-refractivity contribution is 4.92. The Labute approximate surface area is 130 Å². The van der Waals surface area contributed by atoms with E-state index in [1.165, 1.54) is 0 Å². The molecule has 0 amide bonds. The van der Waals surface area contributed by atoms with Crippen molar-refractivity contribution in [2.75, 3.05) is 13.2 Å². The molecule has 2 aliphatic heterocycles. The van der Waals surface area contributed by atoms with E-state index >= 15 is 0 Å². The molecule has 0 bridgehead atoms. The van der Waals surface area contributed by atoms with Gasteiger partial charge in [-0.05, 0) is 0 Å². The highest BCUT2D eigenvalue weighted by Crippen LogP contribution is 2.27. The van der Waals surface area contributed by atoms with Gasteiger partial charge in [0.15, 0.2) is 12.6 Å². The normalized spacial score (nSPS) is 51.7. The highest BCUT2D eigenvalue weighted by atomic mass is 16.8. The van der Waals surface area contributed by atoms with E-state index in [9.17, 15) is 30.6 Å². The zero-order valence-corrected chi connectivity index (χ0v) is 12.0. The Morgan fingerprint density at radius 3 is 1.22 bits per heavy atom. The summed E-state index contributed by atoms with van der Waals surface area (Å²) in [4.78, 5) is 0. The number of rotatable bonds is 4. The predicted molar refractivity (Wildman–Crippen MR) is 68.6 cm³/mol. The average Bonchev–Trinajstić information content (AvgIpc) is 2.55. The molecule has 0 saturated carbocycles. The van der Waals surface area contributed by atoms with Crippen molar-refractivity contribution in [2.45, 2.75) is 61.4 Å². The smallest absolute Gasteiger partial charge is 0.189 e. The molecular formula is C12H22O11. The van der Waals surface area contributed by atoms with E-state index in [1.807, 2.05) is 0 Å². The van der Waals surface area contributed by atoms with Gasteiger partial charge in [0, 0.05) is 0 Å². The van der Waals surface area contributed by atoms with Crippen LogP contribution >= 0.6 is 0 Å². The molecule has 2 fully saturated rings. The lowest BCUT2D eigenvalue weighted by molar-refractivity contribution is -0.376. The van der Waals surface area contributed by atoms with Gasteiger partial charge in [0.05, 0.1) is 13.2 Å². The van der Waals surface area contributed by atoms with Crippen molar-refractivity contribution in [1.82, 2.24) is 0 Å². The van der Waals surface area contributed by atoms with Gasteiger partial charge in [0.25, 0.3) is 0 Å². The molecule has 2 heterocycles. The minimum Gasteiger partial charge on any atom is -0.394 e. The quantitative estimate of drug-likeness (QED) is 0.243. The van der Waals surface area contributed by atoms with Crippen molar-refractivity contribution < 1.29 is 55.1 Å². The summed E-state index contributed by atoms with van der Waals surface area (Å²) >= 11 is 0. The van der Waals surface area contributed by atoms with Gasteiger partial charge in [-0.3, -0.25) is 0 Å². The molecule has 11 heteroatoms. The second-order valence-corrected chi connectivity index (χ2v) is 5.53. The molecule has 6 unspecified atom stereocenters. The maximum absolute atomic E-state index is 9.84. The van der Waals surface area contributed by atoms with Gasteiger partial charge < -0.3 is 55.1 Å². The molecule has 11 nitrogen and oxygen atoms in total. The summed E-state index contributed by atoms with van der Waals surface area (Å²) in [5, 5.41) is 76.4. The van der Waals surface area contributed by atoms with E-state index in [0.717, 1.165) is 0 Å². The predicted octanol–water partition coefficient (Wildman–Crippen LogP) is -5.40. The van der Waals surface area contributed by atoms with Crippen LogP contribution in [0.1, 0.15) is 0 Å². The SMILES string of the molecule is OCC1O[C@H](O[C@H]2OC(CO)[C@@H](O)C(O)C2O)C(O)C(O)[C@@H]1O. The standard InChI is InChI=1S/C12H22O11/c13-1-3-5(15)7(17)9(19)11(21-3)23-12-10(20)8(18)6(16)4(2-14)22-12/h3-20H,1-2H2/t3?,4?,5-,6-,7?,8?,9?,10?,11-,12-/m1/s1.